The average Bonchev–Trinajstić information content (AvgIpc) is 2.67. The number of nitrogens with zero attached hydrogens (tertiary/aromatic N) is 4. The lowest BCUT2D eigenvalue weighted by Crippen LogP contribution is -2.08. The molecule has 0 saturated heterocycles. The molecule has 3 aromatic rings. The normalized spacial score (nSPS) is 10.3. The topological polar surface area (TPSA) is 32.3 Å². The number of hydrogen-bond donors (Lipinski definition) is 0. The van der Waals surface area contributed by atoms with E-state index in [1.54, 1.807) is 18.6 Å². The third-order valence-corrected chi connectivity index (χ3v) is 4.26. The van der Waals surface area contributed by atoms with Crippen molar-refractivity contribution in [2.45, 2.75) is 0 Å². The van der Waals surface area contributed by atoms with E-state index in [9.17, 15) is 0 Å². The van der Waals surface area contributed by atoms with Crippen LogP contribution >= 0.6 is 0 Å². The summed E-state index contributed by atoms with van der Waals surface area (Å²) in [5.74, 6) is 0. The van der Waals surface area contributed by atoms with Crippen LogP contribution in [0.1, 0.15) is 16.8 Å². The molecule has 132 valence electrons. The number of anilines is 2. The van der Waals surface area contributed by atoms with Gasteiger partial charge < -0.3 is 9.80 Å². The van der Waals surface area contributed by atoms with Crippen molar-refractivity contribution in [3.63, 3.8) is 0 Å². The van der Waals surface area contributed by atoms with Gasteiger partial charge in [0, 0.05) is 52.0 Å². The first kappa shape index (κ1) is 17.7. The van der Waals surface area contributed by atoms with Gasteiger partial charge in [0.2, 0.25) is 0 Å². The Morgan fingerprint density at radius 3 is 1.62 bits per heavy atom. The first-order valence-electron chi connectivity index (χ1n) is 8.58. The van der Waals surface area contributed by atoms with Gasteiger partial charge >= 0.3 is 0 Å². The van der Waals surface area contributed by atoms with Crippen LogP contribution in [0, 0.1) is 0 Å². The molecular formula is C22H24N4. The van der Waals surface area contributed by atoms with Crippen LogP contribution in [0.5, 0.6) is 0 Å². The quantitative estimate of drug-likeness (QED) is 0.694. The molecule has 0 saturated carbocycles. The second-order valence-electron chi connectivity index (χ2n) is 6.57. The van der Waals surface area contributed by atoms with E-state index in [2.05, 4.69) is 74.4 Å². The summed E-state index contributed by atoms with van der Waals surface area (Å²) in [6.45, 7) is 0. The van der Waals surface area contributed by atoms with Gasteiger partial charge in [-0.3, -0.25) is 9.97 Å². The summed E-state index contributed by atoms with van der Waals surface area (Å²) < 4.78 is 0. The third-order valence-electron chi connectivity index (χ3n) is 4.26. The predicted octanol–water partition coefficient (Wildman–Crippen LogP) is 4.20. The lowest BCUT2D eigenvalue weighted by Gasteiger charge is -2.16. The molecule has 0 aliphatic carbocycles. The predicted molar refractivity (Wildman–Crippen MR) is 111 cm³/mol. The van der Waals surface area contributed by atoms with E-state index in [0.717, 1.165) is 22.4 Å². The Bertz CT molecular complexity index is 811. The monoisotopic (exact) mass is 344 g/mol. The van der Waals surface area contributed by atoms with Crippen LogP contribution in [-0.2, 0) is 0 Å². The first-order valence-corrected chi connectivity index (χ1v) is 8.58. The molecule has 26 heavy (non-hydrogen) atoms. The van der Waals surface area contributed by atoms with Crippen LogP contribution in [0.25, 0.3) is 11.6 Å². The van der Waals surface area contributed by atoms with Crippen LogP contribution in [-0.4, -0.2) is 38.2 Å². The molecule has 0 N–H and O–H groups in total. The van der Waals surface area contributed by atoms with E-state index in [-0.39, 0.29) is 0 Å². The highest BCUT2D eigenvalue weighted by Crippen LogP contribution is 2.28. The summed E-state index contributed by atoms with van der Waals surface area (Å²) in [5, 5.41) is 0. The van der Waals surface area contributed by atoms with Gasteiger partial charge in [0.25, 0.3) is 0 Å². The van der Waals surface area contributed by atoms with Crippen molar-refractivity contribution in [2.75, 3.05) is 38.0 Å². The lowest BCUT2D eigenvalue weighted by molar-refractivity contribution is 1.13. The average molecular weight is 344 g/mol. The first-order chi connectivity index (χ1) is 12.5. The highest BCUT2D eigenvalue weighted by molar-refractivity contribution is 5.91. The van der Waals surface area contributed by atoms with Crippen molar-refractivity contribution in [1.82, 2.24) is 9.97 Å². The standard InChI is InChI=1S/C22H24N4/c1-25(2)20-9-5-17(6-10-20)22(15-19-16-23-13-14-24-19)18-7-11-21(12-8-18)26(3)4/h5-16H,1-4H3. The SMILES string of the molecule is CN(C)c1ccc(C(=Cc2cnccn2)c2ccc(N(C)C)cc2)cc1. The summed E-state index contributed by atoms with van der Waals surface area (Å²) in [6, 6.07) is 17.1. The van der Waals surface area contributed by atoms with Gasteiger partial charge in [-0.15, -0.1) is 0 Å². The van der Waals surface area contributed by atoms with Gasteiger partial charge in [0.05, 0.1) is 11.9 Å². The fraction of sp³-hybridized carbons (Fsp3) is 0.182. The summed E-state index contributed by atoms with van der Waals surface area (Å²) >= 11 is 0. The Labute approximate surface area is 155 Å². The zero-order chi connectivity index (χ0) is 18.5. The molecular weight excluding hydrogens is 320 g/mol. The maximum absolute atomic E-state index is 4.41. The number of hydrogen-bond acceptors (Lipinski definition) is 4. The minimum Gasteiger partial charge on any atom is -0.378 e. The Balaban J connectivity index is 2.06. The number of aromatic nitrogens is 2. The Morgan fingerprint density at radius 1 is 0.731 bits per heavy atom. The Morgan fingerprint density at radius 2 is 1.23 bits per heavy atom. The summed E-state index contributed by atoms with van der Waals surface area (Å²) in [4.78, 5) is 12.8. The zero-order valence-electron chi connectivity index (χ0n) is 15.7. The van der Waals surface area contributed by atoms with Crippen molar-refractivity contribution in [3.8, 4) is 0 Å². The zero-order valence-corrected chi connectivity index (χ0v) is 15.7. The molecule has 2 aromatic carbocycles. The van der Waals surface area contributed by atoms with Gasteiger partial charge in [0.15, 0.2) is 0 Å². The number of benzene rings is 2. The van der Waals surface area contributed by atoms with Crippen molar-refractivity contribution >= 4 is 23.0 Å². The van der Waals surface area contributed by atoms with Gasteiger partial charge in [-0.2, -0.15) is 0 Å². The molecule has 0 amide bonds. The fourth-order valence-electron chi connectivity index (χ4n) is 2.74. The van der Waals surface area contributed by atoms with Crippen LogP contribution in [0.2, 0.25) is 0 Å². The minimum absolute atomic E-state index is 0.843. The van der Waals surface area contributed by atoms with Crippen molar-refractivity contribution < 1.29 is 0 Å². The number of rotatable bonds is 5. The van der Waals surface area contributed by atoms with Crippen LogP contribution in [0.4, 0.5) is 11.4 Å². The second kappa shape index (κ2) is 7.83. The van der Waals surface area contributed by atoms with Crippen LogP contribution in [0.15, 0.2) is 67.1 Å². The molecule has 4 nitrogen and oxygen atoms in total. The van der Waals surface area contributed by atoms with Crippen LogP contribution < -0.4 is 9.80 Å². The molecule has 1 aromatic heterocycles. The highest BCUT2D eigenvalue weighted by Gasteiger charge is 2.08. The molecule has 0 aliphatic rings. The van der Waals surface area contributed by atoms with E-state index >= 15 is 0 Å². The second-order valence-corrected chi connectivity index (χ2v) is 6.57. The van der Waals surface area contributed by atoms with Crippen molar-refractivity contribution in [3.05, 3.63) is 83.9 Å². The van der Waals surface area contributed by atoms with Crippen LogP contribution in [0.3, 0.4) is 0 Å². The molecule has 3 rings (SSSR count). The molecule has 0 spiro atoms. The van der Waals surface area contributed by atoms with Gasteiger partial charge in [0.1, 0.15) is 0 Å². The fourth-order valence-corrected chi connectivity index (χ4v) is 2.74. The molecule has 0 aliphatic heterocycles. The molecule has 0 atom stereocenters. The molecule has 1 heterocycles. The van der Waals surface area contributed by atoms with Gasteiger partial charge in [-0.25, -0.2) is 0 Å². The third kappa shape index (κ3) is 4.09. The molecule has 0 bridgehead atoms. The maximum Gasteiger partial charge on any atom is 0.0819 e. The molecule has 0 unspecified atom stereocenters. The van der Waals surface area contributed by atoms with E-state index in [1.807, 2.05) is 28.2 Å². The van der Waals surface area contributed by atoms with E-state index in [0.29, 0.717) is 0 Å². The lowest BCUT2D eigenvalue weighted by atomic mass is 9.96. The largest absolute Gasteiger partial charge is 0.378 e. The summed E-state index contributed by atoms with van der Waals surface area (Å²) in [7, 11) is 8.19. The van der Waals surface area contributed by atoms with Crippen molar-refractivity contribution in [1.29, 1.82) is 0 Å². The highest BCUT2D eigenvalue weighted by atomic mass is 15.1. The van der Waals surface area contributed by atoms with E-state index < -0.39 is 0 Å². The summed E-state index contributed by atoms with van der Waals surface area (Å²) in [6.07, 6.45) is 7.27. The van der Waals surface area contributed by atoms with E-state index in [4.69, 9.17) is 0 Å². The molecule has 4 heteroatoms. The van der Waals surface area contributed by atoms with Gasteiger partial charge in [-0.05, 0) is 47.0 Å². The summed E-state index contributed by atoms with van der Waals surface area (Å²) in [5.41, 5.74) is 6.63. The molecule has 0 radical (unpaired) electrons. The Hall–Kier alpha value is -3.14. The smallest absolute Gasteiger partial charge is 0.0819 e. The molecule has 0 fully saturated rings. The minimum atomic E-state index is 0.843. The maximum atomic E-state index is 4.41. The van der Waals surface area contributed by atoms with Crippen molar-refractivity contribution in [2.24, 2.45) is 0 Å². The Kier molecular flexibility index (Phi) is 5.32. The van der Waals surface area contributed by atoms with Gasteiger partial charge in [-0.1, -0.05) is 24.3 Å². The van der Waals surface area contributed by atoms with E-state index in [1.165, 1.54) is 11.4 Å².